The van der Waals surface area contributed by atoms with E-state index in [1.807, 2.05) is 36.4 Å². The molecule has 0 saturated carbocycles. The van der Waals surface area contributed by atoms with Crippen LogP contribution in [0.2, 0.25) is 0 Å². The molecular weight excluding hydrogens is 122 g/mol. The van der Waals surface area contributed by atoms with Crippen molar-refractivity contribution in [3.05, 3.63) is 42.0 Å². The van der Waals surface area contributed by atoms with Crippen LogP contribution in [0.3, 0.4) is 0 Å². The number of allylic oxidation sites excluding steroid dienone is 1. The van der Waals surface area contributed by atoms with Gasteiger partial charge in [0, 0.05) is 6.08 Å². The third-order valence-corrected chi connectivity index (χ3v) is 1.15. The van der Waals surface area contributed by atoms with Crippen LogP contribution in [0.1, 0.15) is 5.56 Å². The van der Waals surface area contributed by atoms with Crippen molar-refractivity contribution in [2.75, 3.05) is 0 Å². The van der Waals surface area contributed by atoms with E-state index in [0.717, 1.165) is 5.56 Å². The summed E-state index contributed by atoms with van der Waals surface area (Å²) in [5.74, 6) is 0. The van der Waals surface area contributed by atoms with Gasteiger partial charge in [0.1, 0.15) is 0 Å². The number of nitrogens with zero attached hydrogens (tertiary/aromatic N) is 1. The van der Waals surface area contributed by atoms with Crippen LogP contribution in [-0.4, -0.2) is 0 Å². The first-order valence-corrected chi connectivity index (χ1v) is 3.04. The van der Waals surface area contributed by atoms with Crippen LogP contribution < -0.4 is 0 Å². The maximum Gasteiger partial charge on any atom is 0.0912 e. The monoisotopic (exact) mass is 129 g/mol. The number of hydrogen-bond donors (Lipinski definition) is 0. The Balaban J connectivity index is 2.79. The molecule has 0 atom stereocenters. The Morgan fingerprint density at radius 3 is 2.50 bits per heavy atom. The molecule has 0 heterocycles. The zero-order valence-electron chi connectivity index (χ0n) is 5.49. The molecule has 0 aliphatic heterocycles. The van der Waals surface area contributed by atoms with Crippen LogP contribution in [0.4, 0.5) is 0 Å². The number of benzene rings is 1. The molecule has 0 fully saturated rings. The zero-order chi connectivity index (χ0) is 7.23. The van der Waals surface area contributed by atoms with Gasteiger partial charge in [-0.25, -0.2) is 0 Å². The van der Waals surface area contributed by atoms with E-state index in [2.05, 4.69) is 0 Å². The Kier molecular flexibility index (Phi) is 2.28. The minimum atomic E-state index is 1.06. The van der Waals surface area contributed by atoms with E-state index < -0.39 is 0 Å². The Labute approximate surface area is 60.2 Å². The highest BCUT2D eigenvalue weighted by atomic mass is 14.2. The second-order valence-corrected chi connectivity index (χ2v) is 1.87. The summed E-state index contributed by atoms with van der Waals surface area (Å²) in [6.07, 6.45) is 3.25. The summed E-state index contributed by atoms with van der Waals surface area (Å²) in [4.78, 5) is 0. The van der Waals surface area contributed by atoms with E-state index >= 15 is 0 Å². The largest absolute Gasteiger partial charge is 0.193 e. The van der Waals surface area contributed by atoms with Crippen molar-refractivity contribution in [2.45, 2.75) is 0 Å². The first kappa shape index (κ1) is 6.57. The molecule has 0 bridgehead atoms. The van der Waals surface area contributed by atoms with E-state index in [1.54, 1.807) is 6.08 Å². The minimum Gasteiger partial charge on any atom is -0.193 e. The summed E-state index contributed by atoms with van der Waals surface area (Å²) in [5, 5.41) is 8.19. The first-order chi connectivity index (χ1) is 4.93. The van der Waals surface area contributed by atoms with E-state index in [0.29, 0.717) is 0 Å². The molecular formula is C9H7N. The van der Waals surface area contributed by atoms with Crippen molar-refractivity contribution in [1.29, 1.82) is 5.26 Å². The van der Waals surface area contributed by atoms with Gasteiger partial charge >= 0.3 is 0 Å². The van der Waals surface area contributed by atoms with Gasteiger partial charge in [0.05, 0.1) is 6.07 Å². The Hall–Kier alpha value is -1.55. The average molecular weight is 129 g/mol. The SMILES string of the molecule is N#C/C=C\c1ccccc1. The van der Waals surface area contributed by atoms with Crippen molar-refractivity contribution in [1.82, 2.24) is 0 Å². The van der Waals surface area contributed by atoms with E-state index in [1.165, 1.54) is 6.08 Å². The molecule has 1 nitrogen and oxygen atoms in total. The van der Waals surface area contributed by atoms with Gasteiger partial charge in [0.25, 0.3) is 0 Å². The standard InChI is InChI=1S/C9H7N/c10-8-4-7-9-5-2-1-3-6-9/h1-7H/b7-4-. The molecule has 1 heteroatoms. The van der Waals surface area contributed by atoms with Gasteiger partial charge in [-0.15, -0.1) is 0 Å². The van der Waals surface area contributed by atoms with Crippen LogP contribution in [0.25, 0.3) is 6.08 Å². The third-order valence-electron chi connectivity index (χ3n) is 1.15. The molecule has 0 amide bonds. The molecule has 0 aliphatic carbocycles. The summed E-state index contributed by atoms with van der Waals surface area (Å²) in [5.41, 5.74) is 1.06. The predicted octanol–water partition coefficient (Wildman–Crippen LogP) is 2.22. The Morgan fingerprint density at radius 2 is 1.90 bits per heavy atom. The van der Waals surface area contributed by atoms with Crippen molar-refractivity contribution < 1.29 is 0 Å². The lowest BCUT2D eigenvalue weighted by Gasteiger charge is -1.86. The van der Waals surface area contributed by atoms with Crippen LogP contribution in [0.15, 0.2) is 36.4 Å². The quantitative estimate of drug-likeness (QED) is 0.533. The highest BCUT2D eigenvalue weighted by molar-refractivity contribution is 5.51. The lowest BCUT2D eigenvalue weighted by Crippen LogP contribution is -1.65. The molecule has 48 valence electrons. The number of nitriles is 1. The van der Waals surface area contributed by atoms with Gasteiger partial charge in [0.15, 0.2) is 0 Å². The first-order valence-electron chi connectivity index (χ1n) is 3.04. The van der Waals surface area contributed by atoms with E-state index in [9.17, 15) is 0 Å². The van der Waals surface area contributed by atoms with Gasteiger partial charge < -0.3 is 0 Å². The van der Waals surface area contributed by atoms with Crippen LogP contribution >= 0.6 is 0 Å². The summed E-state index contributed by atoms with van der Waals surface area (Å²) >= 11 is 0. The summed E-state index contributed by atoms with van der Waals surface area (Å²) in [6, 6.07) is 11.7. The summed E-state index contributed by atoms with van der Waals surface area (Å²) in [7, 11) is 0. The molecule has 0 N–H and O–H groups in total. The van der Waals surface area contributed by atoms with Crippen LogP contribution in [-0.2, 0) is 0 Å². The van der Waals surface area contributed by atoms with Crippen molar-refractivity contribution in [3.8, 4) is 6.07 Å². The van der Waals surface area contributed by atoms with E-state index in [-0.39, 0.29) is 0 Å². The smallest absolute Gasteiger partial charge is 0.0912 e. The highest BCUT2D eigenvalue weighted by Gasteiger charge is 1.79. The molecule has 1 aromatic carbocycles. The molecule has 0 unspecified atom stereocenters. The lowest BCUT2D eigenvalue weighted by molar-refractivity contribution is 1.54. The lowest BCUT2D eigenvalue weighted by atomic mass is 10.2. The minimum absolute atomic E-state index is 1.06. The molecule has 0 radical (unpaired) electrons. The molecule has 0 aromatic heterocycles. The van der Waals surface area contributed by atoms with Gasteiger partial charge in [0.2, 0.25) is 0 Å². The van der Waals surface area contributed by atoms with Gasteiger partial charge in [-0.1, -0.05) is 30.3 Å². The maximum atomic E-state index is 8.19. The van der Waals surface area contributed by atoms with Gasteiger partial charge in [-0.2, -0.15) is 5.26 Å². The van der Waals surface area contributed by atoms with Crippen LogP contribution in [0.5, 0.6) is 0 Å². The topological polar surface area (TPSA) is 23.8 Å². The number of hydrogen-bond acceptors (Lipinski definition) is 1. The molecule has 1 aromatic rings. The Bertz CT molecular complexity index is 254. The molecule has 0 saturated heterocycles. The van der Waals surface area contributed by atoms with Crippen molar-refractivity contribution in [2.24, 2.45) is 0 Å². The molecule has 0 aliphatic rings. The fraction of sp³-hybridized carbons (Fsp3) is 0. The fourth-order valence-electron chi connectivity index (χ4n) is 0.698. The van der Waals surface area contributed by atoms with Gasteiger partial charge in [-0.05, 0) is 11.6 Å². The third kappa shape index (κ3) is 1.75. The second-order valence-electron chi connectivity index (χ2n) is 1.87. The van der Waals surface area contributed by atoms with Crippen molar-refractivity contribution >= 4 is 6.08 Å². The highest BCUT2D eigenvalue weighted by Crippen LogP contribution is 1.99. The maximum absolute atomic E-state index is 8.19. The van der Waals surface area contributed by atoms with Gasteiger partial charge in [-0.3, -0.25) is 0 Å². The second kappa shape index (κ2) is 3.47. The normalized spacial score (nSPS) is 9.50. The molecule has 0 spiro atoms. The van der Waals surface area contributed by atoms with Crippen molar-refractivity contribution in [3.63, 3.8) is 0 Å². The molecule has 10 heavy (non-hydrogen) atoms. The fourth-order valence-corrected chi connectivity index (χ4v) is 0.698. The zero-order valence-corrected chi connectivity index (χ0v) is 5.49. The Morgan fingerprint density at radius 1 is 1.20 bits per heavy atom. The summed E-state index contributed by atoms with van der Waals surface area (Å²) < 4.78 is 0. The molecule has 1 rings (SSSR count). The average Bonchev–Trinajstić information content (AvgIpc) is 2.03. The predicted molar refractivity (Wildman–Crippen MR) is 41.1 cm³/mol. The van der Waals surface area contributed by atoms with Crippen LogP contribution in [0, 0.1) is 11.3 Å². The van der Waals surface area contributed by atoms with E-state index in [4.69, 9.17) is 5.26 Å². The summed E-state index contributed by atoms with van der Waals surface area (Å²) in [6.45, 7) is 0. The number of rotatable bonds is 1.